The van der Waals surface area contributed by atoms with E-state index in [-0.39, 0.29) is 5.41 Å². The lowest BCUT2D eigenvalue weighted by Gasteiger charge is -2.58. The van der Waals surface area contributed by atoms with Gasteiger partial charge < -0.3 is 14.7 Å². The molecule has 0 saturated carbocycles. The smallest absolute Gasteiger partial charge is 0.161 e. The average Bonchev–Trinajstić information content (AvgIpc) is 3.14. The summed E-state index contributed by atoms with van der Waals surface area (Å²) < 4.78 is 5.48. The zero-order valence-electron chi connectivity index (χ0n) is 16.1. The normalized spacial score (nSPS) is 28.5. The van der Waals surface area contributed by atoms with Gasteiger partial charge in [0, 0.05) is 34.2 Å². The molecule has 0 spiro atoms. The number of likely N-dealkylation sites (N-methyl/N-ethyl adjacent to an activating group) is 1. The van der Waals surface area contributed by atoms with E-state index in [0.29, 0.717) is 23.5 Å². The molecular weight excluding hydrogens is 370 g/mol. The summed E-state index contributed by atoms with van der Waals surface area (Å²) in [6.07, 6.45) is 3.78. The molecule has 144 valence electrons. The maximum Gasteiger partial charge on any atom is 0.161 e. The number of hydrogen-bond donors (Lipinski definition) is 1. The summed E-state index contributed by atoms with van der Waals surface area (Å²) in [5.74, 6) is 1.35. The molecule has 1 saturated heterocycles. The van der Waals surface area contributed by atoms with Crippen molar-refractivity contribution in [3.8, 4) is 11.5 Å². The van der Waals surface area contributed by atoms with Gasteiger partial charge in [0.25, 0.3) is 0 Å². The van der Waals surface area contributed by atoms with Crippen molar-refractivity contribution >= 4 is 22.4 Å². The second-order valence-corrected chi connectivity index (χ2v) is 9.30. The van der Waals surface area contributed by atoms with Crippen LogP contribution in [0.3, 0.4) is 0 Å². The monoisotopic (exact) mass is 393 g/mol. The van der Waals surface area contributed by atoms with Crippen LogP contribution in [0.25, 0.3) is 11.0 Å². The fraction of sp³-hybridized carbons (Fsp3) is 0.455. The summed E-state index contributed by atoms with van der Waals surface area (Å²) in [6, 6.07) is 4.54. The molecule has 3 heterocycles. The Hall–Kier alpha value is -2.18. The van der Waals surface area contributed by atoms with Crippen molar-refractivity contribution in [3.63, 3.8) is 0 Å². The number of ether oxygens (including phenoxy) is 1. The molecular formula is C22H23N3O2S. The third kappa shape index (κ3) is 2.05. The molecule has 3 aliphatic rings. The van der Waals surface area contributed by atoms with E-state index >= 15 is 0 Å². The zero-order chi connectivity index (χ0) is 19.0. The van der Waals surface area contributed by atoms with Gasteiger partial charge in [0.15, 0.2) is 11.5 Å². The van der Waals surface area contributed by atoms with Crippen LogP contribution in [0, 0.1) is 5.92 Å². The number of aromatic nitrogens is 2. The van der Waals surface area contributed by atoms with Crippen molar-refractivity contribution < 1.29 is 9.84 Å². The summed E-state index contributed by atoms with van der Waals surface area (Å²) in [4.78, 5) is 12.5. The molecule has 1 aromatic carbocycles. The van der Waals surface area contributed by atoms with Crippen molar-refractivity contribution in [2.45, 2.75) is 37.1 Å². The van der Waals surface area contributed by atoms with E-state index in [1.165, 1.54) is 5.56 Å². The fourth-order valence-corrected chi connectivity index (χ4v) is 6.74. The predicted octanol–water partition coefficient (Wildman–Crippen LogP) is 3.32. The molecule has 6 heteroatoms. The number of rotatable bonds is 1. The van der Waals surface area contributed by atoms with Gasteiger partial charge in [0.2, 0.25) is 0 Å². The summed E-state index contributed by atoms with van der Waals surface area (Å²) in [6.45, 7) is 1.04. The van der Waals surface area contributed by atoms with Crippen molar-refractivity contribution in [2.24, 2.45) is 5.92 Å². The Bertz CT molecular complexity index is 1110. The Morgan fingerprint density at radius 2 is 1.96 bits per heavy atom. The topological polar surface area (TPSA) is 58.5 Å². The van der Waals surface area contributed by atoms with Crippen LogP contribution in [0.5, 0.6) is 11.5 Å². The summed E-state index contributed by atoms with van der Waals surface area (Å²) in [7, 11) is 3.87. The Kier molecular flexibility index (Phi) is 3.39. The number of aromatic hydroxyl groups is 1. The number of nitrogens with zero attached hydrogens (tertiary/aromatic N) is 3. The van der Waals surface area contributed by atoms with Crippen LogP contribution in [-0.2, 0) is 24.7 Å². The maximum absolute atomic E-state index is 11.2. The highest BCUT2D eigenvalue weighted by molar-refractivity contribution is 7.09. The highest BCUT2D eigenvalue weighted by Gasteiger charge is 2.56. The van der Waals surface area contributed by atoms with Gasteiger partial charge >= 0.3 is 0 Å². The third-order valence-corrected chi connectivity index (χ3v) is 8.11. The van der Waals surface area contributed by atoms with Crippen LogP contribution in [-0.4, -0.2) is 46.7 Å². The minimum atomic E-state index is -0.0885. The standard InChI is InChI=1S/C22H23N3O2S/c1-25-6-5-22-9-15-14(23-16-10-28-11-17(16)24-15)8-13(22)18(25)7-12-3-4-19(27-2)21(26)20(12)22/h3-4,10-11,13,18,26H,5-9H2,1-2H3/t13-,18+,22-/m1/s1. The van der Waals surface area contributed by atoms with Gasteiger partial charge in [-0.15, -0.1) is 11.3 Å². The Labute approximate surface area is 168 Å². The lowest BCUT2D eigenvalue weighted by molar-refractivity contribution is 0.0211. The van der Waals surface area contributed by atoms with Gasteiger partial charge in [-0.2, -0.15) is 0 Å². The predicted molar refractivity (Wildman–Crippen MR) is 109 cm³/mol. The second-order valence-electron chi connectivity index (χ2n) is 8.56. The van der Waals surface area contributed by atoms with E-state index in [2.05, 4.69) is 28.8 Å². The first-order valence-electron chi connectivity index (χ1n) is 9.92. The van der Waals surface area contributed by atoms with Gasteiger partial charge in [-0.25, -0.2) is 9.97 Å². The number of thiophene rings is 1. The first kappa shape index (κ1) is 16.7. The molecule has 3 aromatic rings. The van der Waals surface area contributed by atoms with E-state index in [9.17, 15) is 5.11 Å². The summed E-state index contributed by atoms with van der Waals surface area (Å²) >= 11 is 1.66. The number of fused-ring (bicyclic) bond motifs is 3. The first-order chi connectivity index (χ1) is 13.6. The fourth-order valence-electron chi connectivity index (χ4n) is 6.06. The van der Waals surface area contributed by atoms with Crippen molar-refractivity contribution in [2.75, 3.05) is 20.7 Å². The van der Waals surface area contributed by atoms with Crippen LogP contribution in [0.4, 0.5) is 0 Å². The van der Waals surface area contributed by atoms with E-state index in [1.807, 2.05) is 6.07 Å². The summed E-state index contributed by atoms with van der Waals surface area (Å²) in [5, 5.41) is 15.3. The van der Waals surface area contributed by atoms with Gasteiger partial charge in [-0.3, -0.25) is 0 Å². The number of phenols is 1. The Morgan fingerprint density at radius 3 is 2.75 bits per heavy atom. The largest absolute Gasteiger partial charge is 0.504 e. The van der Waals surface area contributed by atoms with Crippen LogP contribution in [0.2, 0.25) is 0 Å². The molecule has 1 fully saturated rings. The molecule has 6 rings (SSSR count). The van der Waals surface area contributed by atoms with Gasteiger partial charge in [0.1, 0.15) is 0 Å². The Morgan fingerprint density at radius 1 is 1.18 bits per heavy atom. The lowest BCUT2D eigenvalue weighted by atomic mass is 9.52. The minimum absolute atomic E-state index is 0.0885. The van der Waals surface area contributed by atoms with E-state index in [4.69, 9.17) is 14.7 Å². The molecule has 1 N–H and O–H groups in total. The quantitative estimate of drug-likeness (QED) is 0.687. The molecule has 1 aliphatic heterocycles. The SMILES string of the molecule is COc1ccc2c(c1O)[C@@]13CCN(C)[C@@H](C2)[C@H]1Cc1nc2cscc2nc1C3. The molecule has 2 aliphatic carbocycles. The second kappa shape index (κ2) is 5.67. The molecule has 2 aromatic heterocycles. The number of methoxy groups -OCH3 is 1. The molecule has 5 nitrogen and oxygen atoms in total. The van der Waals surface area contributed by atoms with Gasteiger partial charge in [-0.1, -0.05) is 6.07 Å². The van der Waals surface area contributed by atoms with E-state index < -0.39 is 0 Å². The van der Waals surface area contributed by atoms with Crippen molar-refractivity contribution in [3.05, 3.63) is 45.4 Å². The zero-order valence-corrected chi connectivity index (χ0v) is 16.9. The van der Waals surface area contributed by atoms with Crippen LogP contribution < -0.4 is 4.74 Å². The number of piperidine rings is 1. The van der Waals surface area contributed by atoms with Crippen molar-refractivity contribution in [1.29, 1.82) is 0 Å². The lowest BCUT2D eigenvalue weighted by Crippen LogP contribution is -2.61. The van der Waals surface area contributed by atoms with Gasteiger partial charge in [0.05, 0.1) is 29.5 Å². The molecule has 3 atom stereocenters. The van der Waals surface area contributed by atoms with Gasteiger partial charge in [-0.05, 0) is 50.4 Å². The third-order valence-electron chi connectivity index (χ3n) is 7.39. The average molecular weight is 394 g/mol. The summed E-state index contributed by atoms with van der Waals surface area (Å²) in [5.41, 5.74) is 6.55. The van der Waals surface area contributed by atoms with E-state index in [0.717, 1.165) is 60.2 Å². The van der Waals surface area contributed by atoms with Crippen LogP contribution >= 0.6 is 11.3 Å². The van der Waals surface area contributed by atoms with E-state index in [1.54, 1.807) is 18.4 Å². The van der Waals surface area contributed by atoms with Crippen LogP contribution in [0.1, 0.15) is 28.9 Å². The highest BCUT2D eigenvalue weighted by Crippen LogP contribution is 2.57. The molecule has 0 unspecified atom stereocenters. The molecule has 28 heavy (non-hydrogen) atoms. The van der Waals surface area contributed by atoms with Crippen LogP contribution in [0.15, 0.2) is 22.9 Å². The highest BCUT2D eigenvalue weighted by atomic mass is 32.1. The molecule has 0 radical (unpaired) electrons. The maximum atomic E-state index is 11.2. The Balaban J connectivity index is 1.60. The minimum Gasteiger partial charge on any atom is -0.504 e. The molecule has 2 bridgehead atoms. The first-order valence-corrected chi connectivity index (χ1v) is 10.9. The number of phenolic OH excluding ortho intramolecular Hbond substituents is 1. The molecule has 0 amide bonds. The number of likely N-dealkylation sites (tertiary alicyclic amines) is 1. The van der Waals surface area contributed by atoms with Crippen molar-refractivity contribution in [1.82, 2.24) is 14.9 Å². The number of benzene rings is 1. The number of hydrogen-bond acceptors (Lipinski definition) is 6.